The van der Waals surface area contributed by atoms with Crippen LogP contribution >= 0.6 is 11.3 Å². The van der Waals surface area contributed by atoms with Crippen LogP contribution in [0.3, 0.4) is 0 Å². The number of hydrogen-bond acceptors (Lipinski definition) is 6. The summed E-state index contributed by atoms with van der Waals surface area (Å²) in [4.78, 5) is 41.9. The highest BCUT2D eigenvalue weighted by Crippen LogP contribution is 2.44. The molecule has 2 aromatic carbocycles. The lowest BCUT2D eigenvalue weighted by Crippen LogP contribution is -2.48. The van der Waals surface area contributed by atoms with Crippen molar-refractivity contribution < 1.29 is 24.2 Å². The number of carboxylic acids is 1. The van der Waals surface area contributed by atoms with Crippen LogP contribution in [0.15, 0.2) is 53.9 Å². The third-order valence-corrected chi connectivity index (χ3v) is 6.38. The molecule has 0 atom stereocenters. The Bertz CT molecular complexity index is 1200. The first kappa shape index (κ1) is 23.4. The highest BCUT2D eigenvalue weighted by atomic mass is 32.1. The monoisotopic (exact) mass is 479 g/mol. The average Bonchev–Trinajstić information content (AvgIpc) is 3.37. The van der Waals surface area contributed by atoms with Gasteiger partial charge in [-0.25, -0.2) is 9.78 Å². The molecule has 1 aliphatic rings. The van der Waals surface area contributed by atoms with Crippen molar-refractivity contribution in [2.45, 2.75) is 32.2 Å². The predicted octanol–water partition coefficient (Wildman–Crippen LogP) is 4.83. The van der Waals surface area contributed by atoms with E-state index in [1.807, 2.05) is 36.4 Å². The summed E-state index contributed by atoms with van der Waals surface area (Å²) < 4.78 is 5.51. The summed E-state index contributed by atoms with van der Waals surface area (Å²) in [6.45, 7) is 4.95. The third kappa shape index (κ3) is 4.79. The molecule has 2 N–H and O–H groups in total. The number of aliphatic carboxylic acids is 1. The molecule has 0 spiro atoms. The number of rotatable bonds is 6. The number of anilines is 1. The van der Waals surface area contributed by atoms with Crippen molar-refractivity contribution in [1.82, 2.24) is 9.88 Å². The van der Waals surface area contributed by atoms with Crippen molar-refractivity contribution in [2.75, 3.05) is 18.5 Å². The van der Waals surface area contributed by atoms with Gasteiger partial charge in [-0.15, -0.1) is 11.3 Å². The molecule has 2 amide bonds. The van der Waals surface area contributed by atoms with Gasteiger partial charge in [-0.1, -0.05) is 48.5 Å². The molecule has 0 unspecified atom stereocenters. The topological polar surface area (TPSA) is 109 Å². The van der Waals surface area contributed by atoms with E-state index in [1.54, 1.807) is 20.8 Å². The lowest BCUT2D eigenvalue weighted by atomic mass is 9.98. The van der Waals surface area contributed by atoms with E-state index >= 15 is 0 Å². The molecule has 1 aromatic heterocycles. The Kier molecular flexibility index (Phi) is 6.39. The maximum atomic E-state index is 12.8. The van der Waals surface area contributed by atoms with Crippen LogP contribution in [-0.4, -0.2) is 51.7 Å². The van der Waals surface area contributed by atoms with Crippen LogP contribution in [0.2, 0.25) is 0 Å². The molecule has 3 aromatic rings. The van der Waals surface area contributed by atoms with Gasteiger partial charge in [-0.3, -0.25) is 14.9 Å². The van der Waals surface area contributed by atoms with Crippen molar-refractivity contribution >= 4 is 34.4 Å². The van der Waals surface area contributed by atoms with E-state index in [9.17, 15) is 14.4 Å². The zero-order chi connectivity index (χ0) is 24.5. The number of thiazole rings is 1. The van der Waals surface area contributed by atoms with E-state index in [1.165, 1.54) is 10.3 Å². The van der Waals surface area contributed by atoms with Gasteiger partial charge < -0.3 is 14.7 Å². The molecule has 0 bridgehead atoms. The summed E-state index contributed by atoms with van der Waals surface area (Å²) in [7, 11) is 0. The maximum absolute atomic E-state index is 12.8. The van der Waals surface area contributed by atoms with E-state index < -0.39 is 30.1 Å². The molecule has 176 valence electrons. The Hall–Kier alpha value is -3.72. The smallest absolute Gasteiger partial charge is 0.413 e. The predicted molar refractivity (Wildman–Crippen MR) is 129 cm³/mol. The summed E-state index contributed by atoms with van der Waals surface area (Å²) in [5, 5.41) is 13.4. The zero-order valence-corrected chi connectivity index (χ0v) is 19.9. The SMILES string of the molecule is CC(C)(C)N(CC(=O)O)C(=O)c1csc(NC(=O)OCC2c3ccccc3-c3ccccc32)n1. The minimum absolute atomic E-state index is 0.0649. The van der Waals surface area contributed by atoms with Crippen molar-refractivity contribution in [2.24, 2.45) is 0 Å². The number of nitrogens with one attached hydrogen (secondary N) is 1. The maximum Gasteiger partial charge on any atom is 0.413 e. The summed E-state index contributed by atoms with van der Waals surface area (Å²) in [6.07, 6.45) is -0.673. The van der Waals surface area contributed by atoms with E-state index in [-0.39, 0.29) is 23.4 Å². The van der Waals surface area contributed by atoms with Crippen LogP contribution in [0.4, 0.5) is 9.93 Å². The second-order valence-corrected chi connectivity index (χ2v) is 9.80. The van der Waals surface area contributed by atoms with Gasteiger partial charge in [0.05, 0.1) is 0 Å². The number of nitrogens with zero attached hydrogens (tertiary/aromatic N) is 2. The van der Waals surface area contributed by atoms with Gasteiger partial charge in [-0.05, 0) is 43.0 Å². The Morgan fingerprint density at radius 3 is 2.21 bits per heavy atom. The molecule has 0 saturated heterocycles. The van der Waals surface area contributed by atoms with E-state index in [4.69, 9.17) is 9.84 Å². The zero-order valence-electron chi connectivity index (χ0n) is 19.1. The van der Waals surface area contributed by atoms with Gasteiger partial charge >= 0.3 is 12.1 Å². The van der Waals surface area contributed by atoms with Crippen LogP contribution in [-0.2, 0) is 9.53 Å². The minimum atomic E-state index is -1.12. The standard InChI is InChI=1S/C25H25N3O5S/c1-25(2,3)28(12-21(29)30)22(31)20-14-34-23(26-20)27-24(32)33-13-19-17-10-6-4-8-15(17)16-9-5-7-11-18(16)19/h4-11,14,19H,12-13H2,1-3H3,(H,29,30)(H,26,27,32). The minimum Gasteiger partial charge on any atom is -0.480 e. The molecule has 4 rings (SSSR count). The van der Waals surface area contributed by atoms with Gasteiger partial charge in [0, 0.05) is 16.8 Å². The summed E-state index contributed by atoms with van der Waals surface area (Å²) in [5.41, 5.74) is 3.85. The number of carbonyl (C=O) groups is 3. The number of amides is 2. The number of fused-ring (bicyclic) bond motifs is 3. The Labute approximate surface area is 201 Å². The number of carboxylic acid groups (broad SMARTS) is 1. The van der Waals surface area contributed by atoms with Crippen LogP contribution in [0.1, 0.15) is 48.3 Å². The highest BCUT2D eigenvalue weighted by molar-refractivity contribution is 7.14. The molecule has 0 aliphatic heterocycles. The first-order valence-electron chi connectivity index (χ1n) is 10.8. The highest BCUT2D eigenvalue weighted by Gasteiger charge is 2.31. The largest absolute Gasteiger partial charge is 0.480 e. The van der Waals surface area contributed by atoms with Crippen LogP contribution in [0.5, 0.6) is 0 Å². The molecule has 0 radical (unpaired) electrons. The van der Waals surface area contributed by atoms with Gasteiger partial charge in [0.1, 0.15) is 18.8 Å². The molecule has 34 heavy (non-hydrogen) atoms. The molecule has 9 heteroatoms. The molecule has 1 heterocycles. The van der Waals surface area contributed by atoms with Gasteiger partial charge in [0.25, 0.3) is 5.91 Å². The second-order valence-electron chi connectivity index (χ2n) is 8.94. The number of benzene rings is 2. The fraction of sp³-hybridized carbons (Fsp3) is 0.280. The summed E-state index contributed by atoms with van der Waals surface area (Å²) in [6, 6.07) is 16.1. The van der Waals surface area contributed by atoms with Gasteiger partial charge in [0.2, 0.25) is 0 Å². The number of hydrogen-bond donors (Lipinski definition) is 2. The van der Waals surface area contributed by atoms with E-state index in [0.717, 1.165) is 33.6 Å². The van der Waals surface area contributed by atoms with Crippen molar-refractivity contribution in [1.29, 1.82) is 0 Å². The number of carbonyl (C=O) groups excluding carboxylic acids is 2. The van der Waals surface area contributed by atoms with Crippen molar-refractivity contribution in [3.63, 3.8) is 0 Å². The molecular weight excluding hydrogens is 454 g/mol. The van der Waals surface area contributed by atoms with Crippen molar-refractivity contribution in [3.8, 4) is 11.1 Å². The van der Waals surface area contributed by atoms with Gasteiger partial charge in [0.15, 0.2) is 5.13 Å². The molecule has 8 nitrogen and oxygen atoms in total. The number of ether oxygens (including phenoxy) is 1. The third-order valence-electron chi connectivity index (χ3n) is 5.62. The second kappa shape index (κ2) is 9.26. The van der Waals surface area contributed by atoms with Gasteiger partial charge in [-0.2, -0.15) is 0 Å². The lowest BCUT2D eigenvalue weighted by molar-refractivity contribution is -0.138. The normalized spacial score (nSPS) is 12.6. The average molecular weight is 480 g/mol. The van der Waals surface area contributed by atoms with Crippen LogP contribution in [0.25, 0.3) is 11.1 Å². The summed E-state index contributed by atoms with van der Waals surface area (Å²) >= 11 is 1.07. The first-order chi connectivity index (χ1) is 16.1. The lowest BCUT2D eigenvalue weighted by Gasteiger charge is -2.33. The molecule has 1 aliphatic carbocycles. The molecule has 0 saturated carbocycles. The number of aromatic nitrogens is 1. The molecule has 0 fully saturated rings. The van der Waals surface area contributed by atoms with Crippen LogP contribution in [0, 0.1) is 0 Å². The quantitative estimate of drug-likeness (QED) is 0.524. The Morgan fingerprint density at radius 1 is 1.06 bits per heavy atom. The van der Waals surface area contributed by atoms with Crippen molar-refractivity contribution in [3.05, 3.63) is 70.7 Å². The summed E-state index contributed by atoms with van der Waals surface area (Å²) in [5.74, 6) is -1.70. The molecular formula is C25H25N3O5S. The van der Waals surface area contributed by atoms with Crippen LogP contribution < -0.4 is 5.32 Å². The van der Waals surface area contributed by atoms with E-state index in [0.29, 0.717) is 0 Å². The fourth-order valence-corrected chi connectivity index (χ4v) is 4.71. The fourth-order valence-electron chi connectivity index (χ4n) is 4.04. The van der Waals surface area contributed by atoms with E-state index in [2.05, 4.69) is 22.4 Å². The Morgan fingerprint density at radius 2 is 1.65 bits per heavy atom. The Balaban J connectivity index is 1.41. The first-order valence-corrected chi connectivity index (χ1v) is 11.6.